The fourth-order valence-corrected chi connectivity index (χ4v) is 2.64. The monoisotopic (exact) mass is 255 g/mol. The zero-order valence-corrected chi connectivity index (χ0v) is 11.0. The van der Waals surface area contributed by atoms with Crippen molar-refractivity contribution < 1.29 is 9.84 Å². The normalized spacial score (nSPS) is 25.9. The molecule has 5 nitrogen and oxygen atoms in total. The summed E-state index contributed by atoms with van der Waals surface area (Å²) in [7, 11) is 0. The number of nitrogens with two attached hydrogens (primary N) is 1. The van der Waals surface area contributed by atoms with Crippen molar-refractivity contribution >= 4 is 5.96 Å². The number of guanidine groups is 1. The van der Waals surface area contributed by atoms with Crippen molar-refractivity contribution in [2.75, 3.05) is 19.8 Å². The third kappa shape index (κ3) is 4.14. The predicted molar refractivity (Wildman–Crippen MR) is 71.5 cm³/mol. The Labute approximate surface area is 109 Å². The molecule has 0 aromatic carbocycles. The van der Waals surface area contributed by atoms with Crippen LogP contribution in [0, 0.1) is 0 Å². The van der Waals surface area contributed by atoms with Gasteiger partial charge in [-0.2, -0.15) is 0 Å². The number of hydrogen-bond acceptors (Lipinski definition) is 3. The summed E-state index contributed by atoms with van der Waals surface area (Å²) in [6, 6.07) is 0.465. The minimum Gasteiger partial charge on any atom is -0.388 e. The van der Waals surface area contributed by atoms with Gasteiger partial charge in [0.05, 0.1) is 12.1 Å². The van der Waals surface area contributed by atoms with Crippen LogP contribution >= 0.6 is 0 Å². The molecule has 18 heavy (non-hydrogen) atoms. The Morgan fingerprint density at radius 2 is 1.94 bits per heavy atom. The second-order valence-electron chi connectivity index (χ2n) is 5.52. The van der Waals surface area contributed by atoms with Gasteiger partial charge in [0.2, 0.25) is 0 Å². The molecule has 2 rings (SSSR count). The van der Waals surface area contributed by atoms with E-state index in [2.05, 4.69) is 10.3 Å². The first-order valence-corrected chi connectivity index (χ1v) is 7.05. The van der Waals surface area contributed by atoms with E-state index in [1.807, 2.05) is 0 Å². The lowest BCUT2D eigenvalue weighted by Gasteiger charge is -2.30. The summed E-state index contributed by atoms with van der Waals surface area (Å²) < 4.78 is 5.24. The fraction of sp³-hybridized carbons (Fsp3) is 0.923. The molecule has 2 fully saturated rings. The lowest BCUT2D eigenvalue weighted by Crippen LogP contribution is -2.44. The molecule has 0 unspecified atom stereocenters. The SMILES string of the molecule is NC(=NCC1(O)CCOCC1)NC1CCCCC1. The number of aliphatic imine (C=N–C) groups is 1. The summed E-state index contributed by atoms with van der Waals surface area (Å²) in [4.78, 5) is 4.29. The molecule has 0 aromatic heterocycles. The summed E-state index contributed by atoms with van der Waals surface area (Å²) in [5, 5.41) is 13.5. The van der Waals surface area contributed by atoms with Gasteiger partial charge in [-0.3, -0.25) is 4.99 Å². The number of ether oxygens (including phenoxy) is 1. The highest BCUT2D eigenvalue weighted by Crippen LogP contribution is 2.20. The Bertz CT molecular complexity index is 282. The lowest BCUT2D eigenvalue weighted by atomic mass is 9.95. The van der Waals surface area contributed by atoms with Crippen molar-refractivity contribution in [3.05, 3.63) is 0 Å². The minimum absolute atomic E-state index is 0.377. The van der Waals surface area contributed by atoms with Crippen molar-refractivity contribution in [3.63, 3.8) is 0 Å². The highest BCUT2D eigenvalue weighted by Gasteiger charge is 2.29. The molecule has 0 spiro atoms. The van der Waals surface area contributed by atoms with E-state index in [1.165, 1.54) is 32.1 Å². The summed E-state index contributed by atoms with van der Waals surface area (Å²) in [5.41, 5.74) is 5.15. The van der Waals surface area contributed by atoms with Gasteiger partial charge in [-0.05, 0) is 12.8 Å². The Hall–Kier alpha value is -0.810. The van der Waals surface area contributed by atoms with Crippen LogP contribution in [0.15, 0.2) is 4.99 Å². The number of rotatable bonds is 3. The molecule has 1 heterocycles. The van der Waals surface area contributed by atoms with E-state index in [0.717, 1.165) is 0 Å². The summed E-state index contributed by atoms with van der Waals surface area (Å²) in [5.74, 6) is 0.474. The van der Waals surface area contributed by atoms with Gasteiger partial charge in [0.15, 0.2) is 5.96 Å². The molecule has 0 aromatic rings. The van der Waals surface area contributed by atoms with E-state index < -0.39 is 5.60 Å². The second-order valence-corrected chi connectivity index (χ2v) is 5.52. The van der Waals surface area contributed by atoms with E-state index >= 15 is 0 Å². The van der Waals surface area contributed by atoms with Gasteiger partial charge in [-0.15, -0.1) is 0 Å². The van der Waals surface area contributed by atoms with Gasteiger partial charge in [0.25, 0.3) is 0 Å². The van der Waals surface area contributed by atoms with Gasteiger partial charge >= 0.3 is 0 Å². The number of aliphatic hydroxyl groups is 1. The van der Waals surface area contributed by atoms with Crippen LogP contribution in [0.5, 0.6) is 0 Å². The summed E-state index contributed by atoms with van der Waals surface area (Å²) in [6.07, 6.45) is 7.51. The molecule has 1 aliphatic carbocycles. The zero-order valence-electron chi connectivity index (χ0n) is 11.0. The van der Waals surface area contributed by atoms with Gasteiger partial charge in [0, 0.05) is 32.1 Å². The quantitative estimate of drug-likeness (QED) is 0.514. The maximum atomic E-state index is 10.3. The molecule has 5 heteroatoms. The van der Waals surface area contributed by atoms with Gasteiger partial charge in [0.1, 0.15) is 0 Å². The van der Waals surface area contributed by atoms with Crippen molar-refractivity contribution in [1.82, 2.24) is 5.32 Å². The third-order valence-corrected chi connectivity index (χ3v) is 3.92. The Kier molecular flexibility index (Phi) is 4.83. The predicted octanol–water partition coefficient (Wildman–Crippen LogP) is 0.765. The maximum absolute atomic E-state index is 10.3. The van der Waals surface area contributed by atoms with Crippen LogP contribution in [-0.4, -0.2) is 42.5 Å². The lowest BCUT2D eigenvalue weighted by molar-refractivity contribution is -0.0565. The highest BCUT2D eigenvalue weighted by atomic mass is 16.5. The first-order chi connectivity index (χ1) is 8.68. The fourth-order valence-electron chi connectivity index (χ4n) is 2.64. The van der Waals surface area contributed by atoms with Crippen LogP contribution in [0.1, 0.15) is 44.9 Å². The molecule has 2 aliphatic rings. The van der Waals surface area contributed by atoms with Crippen molar-refractivity contribution in [1.29, 1.82) is 0 Å². The second kappa shape index (κ2) is 6.38. The van der Waals surface area contributed by atoms with E-state index in [9.17, 15) is 5.11 Å². The van der Waals surface area contributed by atoms with Crippen molar-refractivity contribution in [2.45, 2.75) is 56.6 Å². The standard InChI is InChI=1S/C13H25N3O2/c14-12(16-11-4-2-1-3-5-11)15-10-13(17)6-8-18-9-7-13/h11,17H,1-10H2,(H3,14,15,16). The van der Waals surface area contributed by atoms with Crippen molar-refractivity contribution in [2.24, 2.45) is 10.7 Å². The minimum atomic E-state index is -0.725. The number of nitrogens with one attached hydrogen (secondary N) is 1. The molecular formula is C13H25N3O2. The van der Waals surface area contributed by atoms with Crippen LogP contribution in [0.25, 0.3) is 0 Å². The van der Waals surface area contributed by atoms with E-state index in [4.69, 9.17) is 10.5 Å². The highest BCUT2D eigenvalue weighted by molar-refractivity contribution is 5.78. The largest absolute Gasteiger partial charge is 0.388 e. The van der Waals surface area contributed by atoms with Crippen LogP contribution in [-0.2, 0) is 4.74 Å². The smallest absolute Gasteiger partial charge is 0.188 e. The average Bonchev–Trinajstić information content (AvgIpc) is 2.39. The number of nitrogens with zero attached hydrogens (tertiary/aromatic N) is 1. The maximum Gasteiger partial charge on any atom is 0.188 e. The van der Waals surface area contributed by atoms with Crippen LogP contribution < -0.4 is 11.1 Å². The van der Waals surface area contributed by atoms with Crippen LogP contribution in [0.3, 0.4) is 0 Å². The van der Waals surface area contributed by atoms with Gasteiger partial charge in [-0.25, -0.2) is 0 Å². The first kappa shape index (κ1) is 13.6. The molecule has 0 radical (unpaired) electrons. The third-order valence-electron chi connectivity index (χ3n) is 3.92. The average molecular weight is 255 g/mol. The van der Waals surface area contributed by atoms with E-state index in [1.54, 1.807) is 0 Å². The molecular weight excluding hydrogens is 230 g/mol. The molecule has 4 N–H and O–H groups in total. The Morgan fingerprint density at radius 1 is 1.28 bits per heavy atom. The molecule has 1 saturated heterocycles. The zero-order chi connectivity index (χ0) is 12.8. The molecule has 104 valence electrons. The molecule has 0 atom stereocenters. The summed E-state index contributed by atoms with van der Waals surface area (Å²) in [6.45, 7) is 1.60. The molecule has 0 amide bonds. The summed E-state index contributed by atoms with van der Waals surface area (Å²) >= 11 is 0. The topological polar surface area (TPSA) is 79.9 Å². The molecule has 1 aliphatic heterocycles. The van der Waals surface area contributed by atoms with Gasteiger partial charge in [-0.1, -0.05) is 19.3 Å². The van der Waals surface area contributed by atoms with Gasteiger partial charge < -0.3 is 20.9 Å². The molecule has 0 bridgehead atoms. The first-order valence-electron chi connectivity index (χ1n) is 7.05. The van der Waals surface area contributed by atoms with Crippen molar-refractivity contribution in [3.8, 4) is 0 Å². The number of hydrogen-bond donors (Lipinski definition) is 3. The van der Waals surface area contributed by atoms with Crippen LogP contribution in [0.4, 0.5) is 0 Å². The Balaban J connectivity index is 1.76. The van der Waals surface area contributed by atoms with E-state index in [0.29, 0.717) is 44.6 Å². The van der Waals surface area contributed by atoms with Crippen LogP contribution in [0.2, 0.25) is 0 Å². The van der Waals surface area contributed by atoms with E-state index in [-0.39, 0.29) is 0 Å². The Morgan fingerprint density at radius 3 is 2.61 bits per heavy atom. The molecule has 1 saturated carbocycles.